The van der Waals surface area contributed by atoms with Crippen LogP contribution in [0.25, 0.3) is 11.1 Å². The lowest BCUT2D eigenvalue weighted by molar-refractivity contribution is 0.0924. The number of carbonyl (C=O) groups is 1. The Morgan fingerprint density at radius 3 is 2.52 bits per heavy atom. The average molecular weight is 358 g/mol. The van der Waals surface area contributed by atoms with Crippen molar-refractivity contribution >= 4 is 5.91 Å². The van der Waals surface area contributed by atoms with Gasteiger partial charge >= 0.3 is 0 Å². The first-order chi connectivity index (χ1) is 13.3. The fourth-order valence-corrected chi connectivity index (χ4v) is 2.86. The number of hydrogen-bond acceptors (Lipinski definition) is 4. The third-order valence-corrected chi connectivity index (χ3v) is 4.24. The quantitative estimate of drug-likeness (QED) is 0.572. The Labute approximate surface area is 156 Å². The van der Waals surface area contributed by atoms with E-state index in [1.807, 2.05) is 60.7 Å². The maximum atomic E-state index is 12.5. The van der Waals surface area contributed by atoms with E-state index in [0.717, 1.165) is 22.3 Å². The van der Waals surface area contributed by atoms with Crippen LogP contribution in [0, 0.1) is 0 Å². The molecule has 2 heterocycles. The molecule has 2 aromatic carbocycles. The Kier molecular flexibility index (Phi) is 4.78. The zero-order valence-electron chi connectivity index (χ0n) is 14.6. The van der Waals surface area contributed by atoms with E-state index >= 15 is 0 Å². The van der Waals surface area contributed by atoms with Crippen molar-refractivity contribution in [3.63, 3.8) is 0 Å². The lowest BCUT2D eigenvalue weighted by atomic mass is 10.1. The van der Waals surface area contributed by atoms with E-state index in [1.54, 1.807) is 11.0 Å². The normalized spacial score (nSPS) is 10.7. The molecule has 4 aromatic rings. The molecule has 2 aromatic heterocycles. The second kappa shape index (κ2) is 7.70. The standard InChI is InChI=1S/C21H18N4O2/c26-21(20-19(10-11-27-20)18-4-2-1-3-5-18)23-12-16-6-8-17(9-7-16)13-25-15-22-14-24-25/h1-11,14-15H,12-13H2,(H,23,26). The summed E-state index contributed by atoms with van der Waals surface area (Å²) in [6.07, 6.45) is 4.74. The first-order valence-electron chi connectivity index (χ1n) is 8.61. The molecule has 0 radical (unpaired) electrons. The van der Waals surface area contributed by atoms with Crippen molar-refractivity contribution in [2.24, 2.45) is 0 Å². The average Bonchev–Trinajstić information content (AvgIpc) is 3.40. The minimum absolute atomic E-state index is 0.231. The van der Waals surface area contributed by atoms with Gasteiger partial charge in [-0.05, 0) is 22.8 Å². The van der Waals surface area contributed by atoms with Crippen molar-refractivity contribution in [2.45, 2.75) is 13.1 Å². The molecule has 0 spiro atoms. The van der Waals surface area contributed by atoms with E-state index in [0.29, 0.717) is 18.8 Å². The maximum absolute atomic E-state index is 12.5. The second-order valence-corrected chi connectivity index (χ2v) is 6.12. The Morgan fingerprint density at radius 2 is 1.78 bits per heavy atom. The predicted octanol–water partition coefficient (Wildman–Crippen LogP) is 3.52. The smallest absolute Gasteiger partial charge is 0.287 e. The van der Waals surface area contributed by atoms with Gasteiger partial charge in [-0.1, -0.05) is 54.6 Å². The molecule has 0 aliphatic heterocycles. The largest absolute Gasteiger partial charge is 0.459 e. The Balaban J connectivity index is 1.39. The van der Waals surface area contributed by atoms with Gasteiger partial charge in [-0.2, -0.15) is 5.10 Å². The number of nitrogens with one attached hydrogen (secondary N) is 1. The molecule has 0 fully saturated rings. The summed E-state index contributed by atoms with van der Waals surface area (Å²) in [6, 6.07) is 19.6. The van der Waals surface area contributed by atoms with Crippen LogP contribution >= 0.6 is 0 Å². The van der Waals surface area contributed by atoms with E-state index in [1.165, 1.54) is 12.6 Å². The summed E-state index contributed by atoms with van der Waals surface area (Å²) < 4.78 is 7.18. The molecule has 1 N–H and O–H groups in total. The summed E-state index contributed by atoms with van der Waals surface area (Å²) in [7, 11) is 0. The van der Waals surface area contributed by atoms with E-state index in [9.17, 15) is 4.79 Å². The minimum atomic E-state index is -0.231. The van der Waals surface area contributed by atoms with Gasteiger partial charge in [-0.3, -0.25) is 4.79 Å². The Hall–Kier alpha value is -3.67. The number of nitrogens with zero attached hydrogens (tertiary/aromatic N) is 3. The van der Waals surface area contributed by atoms with E-state index in [-0.39, 0.29) is 5.91 Å². The fraction of sp³-hybridized carbons (Fsp3) is 0.0952. The van der Waals surface area contributed by atoms with Crippen LogP contribution < -0.4 is 5.32 Å². The molecular formula is C21H18N4O2. The summed E-state index contributed by atoms with van der Waals surface area (Å²) in [5.74, 6) is 0.0922. The van der Waals surface area contributed by atoms with Crippen LogP contribution in [-0.2, 0) is 13.1 Å². The van der Waals surface area contributed by atoms with Gasteiger partial charge in [0.05, 0.1) is 12.8 Å². The van der Waals surface area contributed by atoms with Crippen LogP contribution in [0.2, 0.25) is 0 Å². The SMILES string of the molecule is O=C(NCc1ccc(Cn2cncn2)cc1)c1occc1-c1ccccc1. The summed E-state index contributed by atoms with van der Waals surface area (Å²) in [5, 5.41) is 7.01. The van der Waals surface area contributed by atoms with Gasteiger partial charge in [0.25, 0.3) is 5.91 Å². The molecule has 0 saturated carbocycles. The number of benzene rings is 2. The van der Waals surface area contributed by atoms with Crippen molar-refractivity contribution in [2.75, 3.05) is 0 Å². The first-order valence-corrected chi connectivity index (χ1v) is 8.61. The molecule has 27 heavy (non-hydrogen) atoms. The van der Waals surface area contributed by atoms with Gasteiger partial charge in [-0.25, -0.2) is 9.67 Å². The van der Waals surface area contributed by atoms with Gasteiger partial charge < -0.3 is 9.73 Å². The van der Waals surface area contributed by atoms with Crippen molar-refractivity contribution in [1.82, 2.24) is 20.1 Å². The van der Waals surface area contributed by atoms with Gasteiger partial charge in [-0.15, -0.1) is 0 Å². The minimum Gasteiger partial charge on any atom is -0.459 e. The molecular weight excluding hydrogens is 340 g/mol. The van der Waals surface area contributed by atoms with Crippen LogP contribution in [0.4, 0.5) is 0 Å². The fourth-order valence-electron chi connectivity index (χ4n) is 2.86. The van der Waals surface area contributed by atoms with Gasteiger partial charge in [0.1, 0.15) is 12.7 Å². The molecule has 0 atom stereocenters. The molecule has 0 bridgehead atoms. The molecule has 4 rings (SSSR count). The van der Waals surface area contributed by atoms with Crippen LogP contribution in [0.5, 0.6) is 0 Å². The topological polar surface area (TPSA) is 73.0 Å². The van der Waals surface area contributed by atoms with Crippen LogP contribution in [0.15, 0.2) is 84.0 Å². The summed E-state index contributed by atoms with van der Waals surface area (Å²) in [5.41, 5.74) is 3.87. The monoisotopic (exact) mass is 358 g/mol. The summed E-state index contributed by atoms with van der Waals surface area (Å²) >= 11 is 0. The highest BCUT2D eigenvalue weighted by Gasteiger charge is 2.16. The van der Waals surface area contributed by atoms with Gasteiger partial charge in [0, 0.05) is 12.1 Å². The zero-order chi connectivity index (χ0) is 18.5. The van der Waals surface area contributed by atoms with Crippen LogP contribution in [0.3, 0.4) is 0 Å². The number of rotatable bonds is 6. The maximum Gasteiger partial charge on any atom is 0.287 e. The summed E-state index contributed by atoms with van der Waals surface area (Å²) in [6.45, 7) is 1.09. The lowest BCUT2D eigenvalue weighted by Crippen LogP contribution is -2.22. The highest BCUT2D eigenvalue weighted by Crippen LogP contribution is 2.24. The number of aromatic nitrogens is 3. The van der Waals surface area contributed by atoms with Crippen molar-refractivity contribution in [1.29, 1.82) is 0 Å². The van der Waals surface area contributed by atoms with E-state index < -0.39 is 0 Å². The number of amides is 1. The molecule has 6 nitrogen and oxygen atoms in total. The van der Waals surface area contributed by atoms with E-state index in [2.05, 4.69) is 15.4 Å². The van der Waals surface area contributed by atoms with Crippen molar-refractivity contribution in [3.05, 3.63) is 96.5 Å². The van der Waals surface area contributed by atoms with Crippen LogP contribution in [-0.4, -0.2) is 20.7 Å². The molecule has 134 valence electrons. The highest BCUT2D eigenvalue weighted by atomic mass is 16.3. The first kappa shape index (κ1) is 16.8. The van der Waals surface area contributed by atoms with Gasteiger partial charge in [0.15, 0.2) is 5.76 Å². The lowest BCUT2D eigenvalue weighted by Gasteiger charge is -2.07. The summed E-state index contributed by atoms with van der Waals surface area (Å²) in [4.78, 5) is 16.5. The van der Waals surface area contributed by atoms with E-state index in [4.69, 9.17) is 4.42 Å². The number of carbonyl (C=O) groups excluding carboxylic acids is 1. The number of hydrogen-bond donors (Lipinski definition) is 1. The molecule has 0 saturated heterocycles. The molecule has 0 unspecified atom stereocenters. The number of furan rings is 1. The molecule has 0 aliphatic carbocycles. The van der Waals surface area contributed by atoms with Crippen molar-refractivity contribution < 1.29 is 9.21 Å². The molecule has 6 heteroatoms. The van der Waals surface area contributed by atoms with Crippen LogP contribution in [0.1, 0.15) is 21.7 Å². The Bertz CT molecular complexity index is 1010. The zero-order valence-corrected chi connectivity index (χ0v) is 14.6. The third kappa shape index (κ3) is 3.95. The second-order valence-electron chi connectivity index (χ2n) is 6.12. The molecule has 0 aliphatic rings. The predicted molar refractivity (Wildman–Crippen MR) is 101 cm³/mol. The highest BCUT2D eigenvalue weighted by molar-refractivity contribution is 5.98. The van der Waals surface area contributed by atoms with Gasteiger partial charge in [0.2, 0.25) is 0 Å². The Morgan fingerprint density at radius 1 is 1.00 bits per heavy atom. The molecule has 1 amide bonds. The third-order valence-electron chi connectivity index (χ3n) is 4.24. The van der Waals surface area contributed by atoms with Crippen molar-refractivity contribution in [3.8, 4) is 11.1 Å².